The number of hydrogen-bond acceptors (Lipinski definition) is 4. The molecular weight excluding hydrogens is 434 g/mol. The Hall–Kier alpha value is -3.45. The first-order chi connectivity index (χ1) is 16.0. The van der Waals surface area contributed by atoms with Crippen LogP contribution in [0.5, 0.6) is 0 Å². The third-order valence-electron chi connectivity index (χ3n) is 6.29. The maximum Gasteiger partial charge on any atom is 0.333 e. The SMILES string of the molecule is O=C(Nc1c2c(cc3c1CCC3)CCC2)NS(=O)(=O)/C=C/c1ccc(-c2cccnc2)cc1. The molecule has 2 aliphatic carbocycles. The number of aromatic nitrogens is 1. The molecule has 1 aromatic heterocycles. The summed E-state index contributed by atoms with van der Waals surface area (Å²) >= 11 is 0. The van der Waals surface area contributed by atoms with Crippen LogP contribution in [0.1, 0.15) is 40.7 Å². The van der Waals surface area contributed by atoms with Gasteiger partial charge in [0.15, 0.2) is 0 Å². The van der Waals surface area contributed by atoms with E-state index in [0.717, 1.165) is 71.9 Å². The fourth-order valence-corrected chi connectivity index (χ4v) is 5.47. The van der Waals surface area contributed by atoms with Gasteiger partial charge in [0, 0.05) is 18.1 Å². The summed E-state index contributed by atoms with van der Waals surface area (Å²) in [5, 5.41) is 3.87. The lowest BCUT2D eigenvalue weighted by Gasteiger charge is -2.16. The molecule has 2 N–H and O–H groups in total. The Labute approximate surface area is 193 Å². The lowest BCUT2D eigenvalue weighted by atomic mass is 9.99. The quantitative estimate of drug-likeness (QED) is 0.571. The van der Waals surface area contributed by atoms with Gasteiger partial charge >= 0.3 is 6.03 Å². The highest BCUT2D eigenvalue weighted by Crippen LogP contribution is 2.38. The third kappa shape index (κ3) is 4.68. The van der Waals surface area contributed by atoms with Crippen LogP contribution in [0, 0.1) is 0 Å². The van der Waals surface area contributed by atoms with Crippen molar-refractivity contribution in [3.8, 4) is 11.1 Å². The minimum absolute atomic E-state index is 0.715. The summed E-state index contributed by atoms with van der Waals surface area (Å²) in [5.74, 6) is 0. The Balaban J connectivity index is 1.27. The van der Waals surface area contributed by atoms with Crippen molar-refractivity contribution < 1.29 is 13.2 Å². The number of sulfonamides is 1. The number of carbonyl (C=O) groups excluding carboxylic acids is 1. The normalized spacial score (nSPS) is 14.8. The Kier molecular flexibility index (Phi) is 5.72. The number of nitrogens with one attached hydrogen (secondary N) is 2. The van der Waals surface area contributed by atoms with Crippen molar-refractivity contribution in [2.75, 3.05) is 5.32 Å². The van der Waals surface area contributed by atoms with Crippen LogP contribution in [0.15, 0.2) is 60.3 Å². The van der Waals surface area contributed by atoms with Crippen molar-refractivity contribution in [2.45, 2.75) is 38.5 Å². The van der Waals surface area contributed by atoms with Crippen molar-refractivity contribution in [3.63, 3.8) is 0 Å². The summed E-state index contributed by atoms with van der Waals surface area (Å²) in [6, 6.07) is 12.8. The highest BCUT2D eigenvalue weighted by molar-refractivity contribution is 7.93. The maximum atomic E-state index is 12.6. The van der Waals surface area contributed by atoms with Crippen LogP contribution in [0.25, 0.3) is 17.2 Å². The minimum Gasteiger partial charge on any atom is -0.307 e. The number of urea groups is 1. The summed E-state index contributed by atoms with van der Waals surface area (Å²) < 4.78 is 27.1. The molecule has 0 saturated carbocycles. The molecule has 0 fully saturated rings. The molecule has 0 aliphatic heterocycles. The zero-order chi connectivity index (χ0) is 22.8. The molecule has 0 unspecified atom stereocenters. The molecule has 0 bridgehead atoms. The van der Waals surface area contributed by atoms with Gasteiger partial charge in [-0.05, 0) is 89.6 Å². The Bertz CT molecular complexity index is 1300. The van der Waals surface area contributed by atoms with Gasteiger partial charge in [0.1, 0.15) is 0 Å². The molecule has 0 radical (unpaired) electrons. The lowest BCUT2D eigenvalue weighted by Crippen LogP contribution is -2.33. The van der Waals surface area contributed by atoms with Crippen LogP contribution in [0.2, 0.25) is 0 Å². The monoisotopic (exact) mass is 459 g/mol. The van der Waals surface area contributed by atoms with Crippen LogP contribution in [-0.2, 0) is 35.7 Å². The first kappa shape index (κ1) is 21.4. The van der Waals surface area contributed by atoms with Crippen LogP contribution in [0.4, 0.5) is 10.5 Å². The molecule has 0 saturated heterocycles. The van der Waals surface area contributed by atoms with Gasteiger partial charge in [-0.3, -0.25) is 4.98 Å². The summed E-state index contributed by atoms with van der Waals surface area (Å²) in [5.41, 5.74) is 8.39. The van der Waals surface area contributed by atoms with Gasteiger partial charge in [-0.1, -0.05) is 36.4 Å². The van der Waals surface area contributed by atoms with Gasteiger partial charge in [0.05, 0.1) is 5.41 Å². The summed E-state index contributed by atoms with van der Waals surface area (Å²) in [4.78, 5) is 16.7. The number of benzene rings is 2. The number of anilines is 1. The van der Waals surface area contributed by atoms with Crippen molar-refractivity contribution >= 4 is 27.8 Å². The van der Waals surface area contributed by atoms with E-state index in [1.807, 2.05) is 36.4 Å². The van der Waals surface area contributed by atoms with E-state index in [1.165, 1.54) is 17.2 Å². The minimum atomic E-state index is -3.94. The van der Waals surface area contributed by atoms with E-state index in [4.69, 9.17) is 0 Å². The predicted octanol–water partition coefficient (Wildman–Crippen LogP) is 4.85. The second-order valence-electron chi connectivity index (χ2n) is 8.50. The van der Waals surface area contributed by atoms with Gasteiger partial charge < -0.3 is 5.32 Å². The average Bonchev–Trinajstić information content (AvgIpc) is 3.48. The molecule has 2 amide bonds. The Morgan fingerprint density at radius 2 is 1.61 bits per heavy atom. The molecule has 3 aromatic rings. The van der Waals surface area contributed by atoms with E-state index in [9.17, 15) is 13.2 Å². The Morgan fingerprint density at radius 3 is 2.24 bits per heavy atom. The van der Waals surface area contributed by atoms with Crippen molar-refractivity contribution in [2.24, 2.45) is 0 Å². The second kappa shape index (κ2) is 8.83. The molecular formula is C26H25N3O3S. The highest BCUT2D eigenvalue weighted by atomic mass is 32.2. The maximum absolute atomic E-state index is 12.6. The number of fused-ring (bicyclic) bond motifs is 2. The van der Waals surface area contributed by atoms with E-state index in [2.05, 4.69) is 21.1 Å². The number of nitrogens with zero attached hydrogens (tertiary/aromatic N) is 1. The molecule has 168 valence electrons. The van der Waals surface area contributed by atoms with E-state index in [-0.39, 0.29) is 0 Å². The van der Waals surface area contributed by atoms with Gasteiger partial charge in [-0.2, -0.15) is 0 Å². The van der Waals surface area contributed by atoms with E-state index < -0.39 is 16.1 Å². The Morgan fingerprint density at radius 1 is 0.909 bits per heavy atom. The topological polar surface area (TPSA) is 88.2 Å². The highest BCUT2D eigenvalue weighted by Gasteiger charge is 2.25. The standard InChI is InChI=1S/C26H25N3O3S/c30-26(28-25-23-7-1-4-20(23)16-21-5-2-8-24(21)25)29-33(31,32)15-13-18-9-11-19(12-10-18)22-6-3-14-27-17-22/h3,6,9-17H,1-2,4-5,7-8H2,(H2,28,29,30)/b15-13+. The zero-order valence-corrected chi connectivity index (χ0v) is 19.0. The number of carbonyl (C=O) groups is 1. The number of pyridine rings is 1. The van der Waals surface area contributed by atoms with Crippen molar-refractivity contribution in [3.05, 3.63) is 88.1 Å². The molecule has 0 atom stereocenters. The molecule has 33 heavy (non-hydrogen) atoms. The smallest absolute Gasteiger partial charge is 0.307 e. The average molecular weight is 460 g/mol. The predicted molar refractivity (Wildman–Crippen MR) is 130 cm³/mol. The molecule has 2 aliphatic rings. The van der Waals surface area contributed by atoms with E-state index in [0.29, 0.717) is 5.56 Å². The molecule has 1 heterocycles. The van der Waals surface area contributed by atoms with Crippen molar-refractivity contribution in [1.82, 2.24) is 9.71 Å². The third-order valence-corrected chi connectivity index (χ3v) is 7.26. The molecule has 0 spiro atoms. The summed E-state index contributed by atoms with van der Waals surface area (Å²) in [6.07, 6.45) is 11.0. The van der Waals surface area contributed by atoms with Gasteiger partial charge in [0.25, 0.3) is 10.0 Å². The molecule has 7 heteroatoms. The first-order valence-electron chi connectivity index (χ1n) is 11.2. The van der Waals surface area contributed by atoms with Crippen LogP contribution in [-0.4, -0.2) is 19.4 Å². The fourth-order valence-electron chi connectivity index (χ4n) is 4.76. The number of hydrogen-bond donors (Lipinski definition) is 2. The largest absolute Gasteiger partial charge is 0.333 e. The number of aryl methyl sites for hydroxylation is 2. The first-order valence-corrected chi connectivity index (χ1v) is 12.7. The summed E-state index contributed by atoms with van der Waals surface area (Å²) in [6.45, 7) is 0. The fraction of sp³-hybridized carbons (Fsp3) is 0.231. The van der Waals surface area contributed by atoms with Crippen LogP contribution < -0.4 is 10.0 Å². The van der Waals surface area contributed by atoms with Gasteiger partial charge in [-0.25, -0.2) is 17.9 Å². The molecule has 2 aromatic carbocycles. The zero-order valence-electron chi connectivity index (χ0n) is 18.2. The van der Waals surface area contributed by atoms with Crippen molar-refractivity contribution in [1.29, 1.82) is 0 Å². The van der Waals surface area contributed by atoms with Crippen LogP contribution >= 0.6 is 0 Å². The number of amides is 2. The number of rotatable bonds is 5. The van der Waals surface area contributed by atoms with Crippen LogP contribution in [0.3, 0.4) is 0 Å². The van der Waals surface area contributed by atoms with Gasteiger partial charge in [-0.15, -0.1) is 0 Å². The molecule has 5 rings (SSSR count). The van der Waals surface area contributed by atoms with E-state index >= 15 is 0 Å². The second-order valence-corrected chi connectivity index (χ2v) is 10.1. The lowest BCUT2D eigenvalue weighted by molar-refractivity contribution is 0.256. The van der Waals surface area contributed by atoms with E-state index in [1.54, 1.807) is 12.4 Å². The van der Waals surface area contributed by atoms with Gasteiger partial charge in [0.2, 0.25) is 0 Å². The summed E-state index contributed by atoms with van der Waals surface area (Å²) in [7, 11) is -3.94. The molecule has 6 nitrogen and oxygen atoms in total.